The molecule has 7 heteroatoms. The maximum absolute atomic E-state index is 15.4. The molecule has 35 heavy (non-hydrogen) atoms. The summed E-state index contributed by atoms with van der Waals surface area (Å²) >= 11 is 0. The molecule has 1 aromatic carbocycles. The highest BCUT2D eigenvalue weighted by Gasteiger charge is 2.59. The Hall–Kier alpha value is -2.67. The first-order valence-corrected chi connectivity index (χ1v) is 13.2. The molecule has 0 aromatic heterocycles. The number of likely N-dealkylation sites (tertiary alicyclic amines) is 1. The average Bonchev–Trinajstić information content (AvgIpc) is 3.74. The summed E-state index contributed by atoms with van der Waals surface area (Å²) in [4.78, 5) is 29.8. The number of nitrogens with zero attached hydrogens (tertiary/aromatic N) is 2. The first-order chi connectivity index (χ1) is 17.0. The van der Waals surface area contributed by atoms with Gasteiger partial charge in [0.25, 0.3) is 0 Å². The lowest BCUT2D eigenvalue weighted by Gasteiger charge is -2.28. The Kier molecular flexibility index (Phi) is 4.89. The molecule has 2 saturated carbocycles. The Morgan fingerprint density at radius 3 is 2.80 bits per heavy atom. The summed E-state index contributed by atoms with van der Waals surface area (Å²) in [7, 11) is 0. The van der Waals surface area contributed by atoms with Crippen molar-refractivity contribution in [2.45, 2.75) is 56.7 Å². The minimum atomic E-state index is -0.475. The smallest absolute Gasteiger partial charge is 0.244 e. The van der Waals surface area contributed by atoms with E-state index in [0.717, 1.165) is 81.5 Å². The summed E-state index contributed by atoms with van der Waals surface area (Å²) in [6.07, 6.45) is 10.1. The maximum atomic E-state index is 15.4. The van der Waals surface area contributed by atoms with Crippen LogP contribution in [-0.4, -0.2) is 53.4 Å². The minimum absolute atomic E-state index is 0.132. The molecule has 2 unspecified atom stereocenters. The van der Waals surface area contributed by atoms with E-state index in [-0.39, 0.29) is 35.6 Å². The van der Waals surface area contributed by atoms with E-state index in [1.165, 1.54) is 0 Å². The molecule has 5 fully saturated rings. The van der Waals surface area contributed by atoms with E-state index in [9.17, 15) is 9.59 Å². The van der Waals surface area contributed by atoms with Crippen molar-refractivity contribution >= 4 is 17.4 Å². The number of carbonyl (C=O) groups excluding carboxylic acids is 2. The van der Waals surface area contributed by atoms with Crippen LogP contribution in [0, 0.1) is 23.6 Å². The maximum Gasteiger partial charge on any atom is 0.244 e. The molecule has 1 N–H and O–H groups in total. The summed E-state index contributed by atoms with van der Waals surface area (Å²) < 4.78 is 21.1. The lowest BCUT2D eigenvalue weighted by Crippen LogP contribution is -2.37. The van der Waals surface area contributed by atoms with Crippen molar-refractivity contribution in [1.29, 1.82) is 0 Å². The number of hydrogen-bond acceptors (Lipinski definition) is 4. The van der Waals surface area contributed by atoms with Gasteiger partial charge in [-0.25, -0.2) is 4.39 Å². The second kappa shape index (κ2) is 7.92. The van der Waals surface area contributed by atoms with Crippen LogP contribution in [0.25, 0.3) is 5.57 Å². The molecule has 0 radical (unpaired) electrons. The Morgan fingerprint density at radius 2 is 2.03 bits per heavy atom. The van der Waals surface area contributed by atoms with Gasteiger partial charge >= 0.3 is 0 Å². The molecule has 6 aliphatic rings. The molecule has 2 amide bonds. The van der Waals surface area contributed by atoms with Crippen LogP contribution in [0.15, 0.2) is 36.1 Å². The minimum Gasteiger partial charge on any atom is -0.498 e. The molecule has 1 spiro atoms. The molecule has 3 saturated heterocycles. The van der Waals surface area contributed by atoms with Crippen LogP contribution in [0.4, 0.5) is 4.39 Å². The highest BCUT2D eigenvalue weighted by molar-refractivity contribution is 5.92. The van der Waals surface area contributed by atoms with Gasteiger partial charge in [0.1, 0.15) is 17.5 Å². The second-order valence-corrected chi connectivity index (χ2v) is 11.3. The molecular formula is C28H32FN3O3. The van der Waals surface area contributed by atoms with Crippen LogP contribution in [0.3, 0.4) is 0 Å². The third-order valence-electron chi connectivity index (χ3n) is 8.83. The van der Waals surface area contributed by atoms with E-state index >= 15 is 4.39 Å². The molecule has 184 valence electrons. The third-order valence-corrected chi connectivity index (χ3v) is 8.83. The Bertz CT molecular complexity index is 1150. The van der Waals surface area contributed by atoms with E-state index in [0.29, 0.717) is 18.0 Å². The number of rotatable bonds is 5. The van der Waals surface area contributed by atoms with Crippen LogP contribution in [0.5, 0.6) is 0 Å². The van der Waals surface area contributed by atoms with Crippen molar-refractivity contribution in [1.82, 2.24) is 15.1 Å². The number of hydrogen-bond donors (Lipinski definition) is 1. The van der Waals surface area contributed by atoms with E-state index in [2.05, 4.69) is 5.32 Å². The number of carbonyl (C=O) groups is 2. The lowest BCUT2D eigenvalue weighted by atomic mass is 9.87. The van der Waals surface area contributed by atoms with E-state index in [1.807, 2.05) is 34.1 Å². The quantitative estimate of drug-likeness (QED) is 0.702. The number of amides is 2. The van der Waals surface area contributed by atoms with Crippen LogP contribution in [0.1, 0.15) is 62.2 Å². The van der Waals surface area contributed by atoms with Crippen molar-refractivity contribution in [2.75, 3.05) is 26.2 Å². The fraction of sp³-hybridized carbons (Fsp3) is 0.571. The van der Waals surface area contributed by atoms with Gasteiger partial charge in [-0.15, -0.1) is 0 Å². The van der Waals surface area contributed by atoms with Crippen molar-refractivity contribution in [3.63, 3.8) is 0 Å². The first kappa shape index (κ1) is 21.6. The molecule has 3 aliphatic carbocycles. The van der Waals surface area contributed by atoms with Crippen molar-refractivity contribution in [2.24, 2.45) is 17.8 Å². The molecule has 3 aliphatic heterocycles. The topological polar surface area (TPSA) is 61.9 Å². The van der Waals surface area contributed by atoms with Crippen LogP contribution >= 0.6 is 0 Å². The number of fused-ring (bicyclic) bond motifs is 1. The summed E-state index contributed by atoms with van der Waals surface area (Å²) in [6, 6.07) is 5.46. The predicted octanol–water partition coefficient (Wildman–Crippen LogP) is 3.75. The van der Waals surface area contributed by atoms with Crippen LogP contribution in [0.2, 0.25) is 0 Å². The molecule has 3 atom stereocenters. The van der Waals surface area contributed by atoms with Crippen LogP contribution in [-0.2, 0) is 14.3 Å². The lowest BCUT2D eigenvalue weighted by molar-refractivity contribution is -0.131. The summed E-state index contributed by atoms with van der Waals surface area (Å²) in [6.45, 7) is 2.86. The zero-order valence-corrected chi connectivity index (χ0v) is 20.0. The normalized spacial score (nSPS) is 30.9. The Balaban J connectivity index is 1.10. The van der Waals surface area contributed by atoms with Crippen molar-refractivity contribution in [3.05, 3.63) is 53.1 Å². The summed E-state index contributed by atoms with van der Waals surface area (Å²) in [5.41, 5.74) is 1.96. The van der Waals surface area contributed by atoms with E-state index < -0.39 is 5.54 Å². The van der Waals surface area contributed by atoms with Gasteiger partial charge in [-0.2, -0.15) is 0 Å². The monoisotopic (exact) mass is 477 g/mol. The van der Waals surface area contributed by atoms with Gasteiger partial charge in [-0.05, 0) is 74.1 Å². The zero-order chi connectivity index (χ0) is 23.7. The van der Waals surface area contributed by atoms with Crippen LogP contribution < -0.4 is 5.32 Å². The predicted molar refractivity (Wildman–Crippen MR) is 128 cm³/mol. The SMILES string of the molecule is O=C(C1CC1)N1CC[C@@H](CN2C(=O)C3(CC3)NC2c2ccc(C3=CC=C4OCCC4C3)c(F)c2)C1. The van der Waals surface area contributed by atoms with Crippen molar-refractivity contribution < 1.29 is 18.7 Å². The zero-order valence-electron chi connectivity index (χ0n) is 20.0. The van der Waals surface area contributed by atoms with Gasteiger partial charge in [0.2, 0.25) is 11.8 Å². The highest BCUT2D eigenvalue weighted by atomic mass is 19.1. The molecule has 1 aromatic rings. The molecular weight excluding hydrogens is 445 g/mol. The Morgan fingerprint density at radius 1 is 1.17 bits per heavy atom. The molecule has 7 rings (SSSR count). The average molecular weight is 478 g/mol. The largest absolute Gasteiger partial charge is 0.498 e. The third kappa shape index (κ3) is 3.70. The standard InChI is InChI=1S/C28H32FN3O3/c29-23-14-21(3-5-22(23)19-4-6-24-20(13-19)8-12-35-24)25-30-28(9-10-28)27(34)32(25)16-17-7-11-31(15-17)26(33)18-1-2-18/h3-6,14,17-18,20,25,30H,1-2,7-13,15-16H2/t17-,20?,25?/m1/s1. The Labute approximate surface area is 205 Å². The van der Waals surface area contributed by atoms with E-state index in [4.69, 9.17) is 4.74 Å². The van der Waals surface area contributed by atoms with Gasteiger partial charge < -0.3 is 14.5 Å². The van der Waals surface area contributed by atoms with Gasteiger partial charge in [-0.3, -0.25) is 14.9 Å². The molecule has 0 bridgehead atoms. The van der Waals surface area contributed by atoms with Crippen molar-refractivity contribution in [3.8, 4) is 0 Å². The summed E-state index contributed by atoms with van der Waals surface area (Å²) in [5.74, 6) is 2.06. The number of benzene rings is 1. The summed E-state index contributed by atoms with van der Waals surface area (Å²) in [5, 5.41) is 3.54. The highest BCUT2D eigenvalue weighted by Crippen LogP contribution is 2.47. The van der Waals surface area contributed by atoms with Gasteiger partial charge in [0.15, 0.2) is 0 Å². The number of allylic oxidation sites excluding steroid dienone is 4. The fourth-order valence-electron chi connectivity index (χ4n) is 6.42. The van der Waals surface area contributed by atoms with E-state index in [1.54, 1.807) is 6.07 Å². The van der Waals surface area contributed by atoms with Gasteiger partial charge in [0.05, 0.1) is 12.4 Å². The number of halogens is 1. The van der Waals surface area contributed by atoms with Gasteiger partial charge in [-0.1, -0.05) is 18.2 Å². The number of ether oxygens (including phenoxy) is 1. The first-order valence-electron chi connectivity index (χ1n) is 13.2. The second-order valence-electron chi connectivity index (χ2n) is 11.3. The molecule has 3 heterocycles. The molecule has 6 nitrogen and oxygen atoms in total. The van der Waals surface area contributed by atoms with Gasteiger partial charge in [0, 0.05) is 37.0 Å². The fourth-order valence-corrected chi connectivity index (χ4v) is 6.42. The number of nitrogens with one attached hydrogen (secondary N) is 1.